The third-order valence-corrected chi connectivity index (χ3v) is 6.62. The lowest BCUT2D eigenvalue weighted by atomic mass is 10.0. The summed E-state index contributed by atoms with van der Waals surface area (Å²) < 4.78 is 41.9. The molecule has 0 aliphatic rings. The van der Waals surface area contributed by atoms with Gasteiger partial charge in [0.1, 0.15) is 6.61 Å². The maximum absolute atomic E-state index is 12.0. The van der Waals surface area contributed by atoms with Crippen molar-refractivity contribution in [2.75, 3.05) is 13.2 Å². The lowest BCUT2D eigenvalue weighted by molar-refractivity contribution is -0.149. The summed E-state index contributed by atoms with van der Waals surface area (Å²) in [4.78, 5) is 23.7. The molecule has 0 bridgehead atoms. The first-order valence-corrected chi connectivity index (χ1v) is 14.2. The Bertz CT molecular complexity index is 629. The van der Waals surface area contributed by atoms with E-state index >= 15 is 0 Å². The molecule has 0 fully saturated rings. The van der Waals surface area contributed by atoms with Gasteiger partial charge >= 0.3 is 11.9 Å². The minimum atomic E-state index is -4.76. The van der Waals surface area contributed by atoms with Gasteiger partial charge in [-0.3, -0.25) is 14.1 Å². The fourth-order valence-corrected chi connectivity index (χ4v) is 4.15. The van der Waals surface area contributed by atoms with E-state index in [4.69, 9.17) is 9.47 Å². The second kappa shape index (κ2) is 21.1. The van der Waals surface area contributed by atoms with Crippen molar-refractivity contribution in [2.45, 2.75) is 122 Å². The molecule has 7 nitrogen and oxygen atoms in total. The first-order valence-electron chi connectivity index (χ1n) is 12.7. The summed E-state index contributed by atoms with van der Waals surface area (Å²) in [6, 6.07) is 0. The van der Waals surface area contributed by atoms with Gasteiger partial charge in [0, 0.05) is 0 Å². The molecule has 0 aliphatic carbocycles. The standard InChI is InChI=1S/C25H46O7S/c1-3-5-7-8-9-10-11-12-13-14-15-16-17-18-19-21-32-25(27)23(33(28,29)30)22-24(26)31-20-6-4-2/h4,6,23H,3,5,7-22H2,1-2H3,(H,28,29,30)/b6-4+. The Morgan fingerprint density at radius 3 is 1.67 bits per heavy atom. The maximum atomic E-state index is 12.0. The third-order valence-electron chi connectivity index (χ3n) is 5.54. The van der Waals surface area contributed by atoms with Crippen molar-refractivity contribution in [3.8, 4) is 0 Å². The van der Waals surface area contributed by atoms with E-state index in [0.717, 1.165) is 19.3 Å². The summed E-state index contributed by atoms with van der Waals surface area (Å²) in [5.41, 5.74) is 0. The van der Waals surface area contributed by atoms with Gasteiger partial charge in [0.2, 0.25) is 0 Å². The van der Waals surface area contributed by atoms with Crippen LogP contribution in [0.1, 0.15) is 117 Å². The minimum Gasteiger partial charge on any atom is -0.465 e. The smallest absolute Gasteiger partial charge is 0.327 e. The Morgan fingerprint density at radius 1 is 0.788 bits per heavy atom. The third kappa shape index (κ3) is 19.7. The fourth-order valence-electron chi connectivity index (χ4n) is 3.50. The van der Waals surface area contributed by atoms with Gasteiger partial charge in [-0.15, -0.1) is 0 Å². The largest absolute Gasteiger partial charge is 0.465 e. The van der Waals surface area contributed by atoms with Crippen molar-refractivity contribution in [1.29, 1.82) is 0 Å². The van der Waals surface area contributed by atoms with Crippen molar-refractivity contribution in [1.82, 2.24) is 0 Å². The predicted octanol–water partition coefficient (Wildman–Crippen LogP) is 6.17. The van der Waals surface area contributed by atoms with Crippen LogP contribution >= 0.6 is 0 Å². The van der Waals surface area contributed by atoms with E-state index in [-0.39, 0.29) is 13.2 Å². The van der Waals surface area contributed by atoms with Crippen molar-refractivity contribution < 1.29 is 32.0 Å². The number of unbranched alkanes of at least 4 members (excludes halogenated alkanes) is 14. The number of carbonyl (C=O) groups is 2. The van der Waals surface area contributed by atoms with E-state index < -0.39 is 33.7 Å². The quantitative estimate of drug-likeness (QED) is 0.0837. The number of rotatable bonds is 22. The highest BCUT2D eigenvalue weighted by Crippen LogP contribution is 2.14. The molecule has 0 saturated heterocycles. The molecule has 0 rings (SSSR count). The Labute approximate surface area is 201 Å². The van der Waals surface area contributed by atoms with Crippen molar-refractivity contribution in [3.05, 3.63) is 12.2 Å². The Morgan fingerprint density at radius 2 is 1.24 bits per heavy atom. The van der Waals surface area contributed by atoms with Crippen LogP contribution in [0.3, 0.4) is 0 Å². The van der Waals surface area contributed by atoms with E-state index in [0.29, 0.717) is 6.42 Å². The van der Waals surface area contributed by atoms with E-state index in [9.17, 15) is 22.6 Å². The Balaban J connectivity index is 3.76. The van der Waals surface area contributed by atoms with Crippen LogP contribution < -0.4 is 0 Å². The highest BCUT2D eigenvalue weighted by Gasteiger charge is 2.35. The summed E-state index contributed by atoms with van der Waals surface area (Å²) in [5.74, 6) is -2.01. The molecule has 33 heavy (non-hydrogen) atoms. The zero-order valence-electron chi connectivity index (χ0n) is 20.8. The number of hydrogen-bond donors (Lipinski definition) is 1. The van der Waals surface area contributed by atoms with Gasteiger partial charge in [0.05, 0.1) is 13.0 Å². The molecule has 0 aliphatic heterocycles. The second-order valence-corrected chi connectivity index (χ2v) is 10.2. The van der Waals surface area contributed by atoms with E-state index in [1.165, 1.54) is 70.6 Å². The highest BCUT2D eigenvalue weighted by atomic mass is 32.2. The molecule has 8 heteroatoms. The molecular formula is C25H46O7S. The molecule has 0 amide bonds. The Hall–Kier alpha value is -1.41. The molecule has 1 N–H and O–H groups in total. The molecule has 0 spiro atoms. The van der Waals surface area contributed by atoms with Gasteiger partial charge in [-0.2, -0.15) is 8.42 Å². The number of esters is 2. The maximum Gasteiger partial charge on any atom is 0.327 e. The summed E-state index contributed by atoms with van der Waals surface area (Å²) in [5, 5.41) is -1.95. The van der Waals surface area contributed by atoms with Crippen molar-refractivity contribution in [2.24, 2.45) is 0 Å². The molecule has 1 unspecified atom stereocenters. The average Bonchev–Trinajstić information content (AvgIpc) is 2.76. The van der Waals surface area contributed by atoms with Gasteiger partial charge in [0.25, 0.3) is 10.1 Å². The normalized spacial score (nSPS) is 12.7. The van der Waals surface area contributed by atoms with Crippen LogP contribution in [0, 0.1) is 0 Å². The van der Waals surface area contributed by atoms with E-state index in [1.807, 2.05) is 0 Å². The molecule has 0 heterocycles. The molecule has 0 aromatic carbocycles. The molecule has 0 aromatic heterocycles. The van der Waals surface area contributed by atoms with Crippen molar-refractivity contribution >= 4 is 22.1 Å². The predicted molar refractivity (Wildman–Crippen MR) is 132 cm³/mol. The topological polar surface area (TPSA) is 107 Å². The molecule has 0 aromatic rings. The number of hydrogen-bond acceptors (Lipinski definition) is 6. The van der Waals surface area contributed by atoms with Gasteiger partial charge in [-0.05, 0) is 13.3 Å². The SMILES string of the molecule is C/C=C/COC(=O)CC(C(=O)OCCCCCCCCCCCCCCCCC)S(=O)(=O)O. The molecular weight excluding hydrogens is 444 g/mol. The van der Waals surface area contributed by atoms with Crippen LogP contribution in [0.4, 0.5) is 0 Å². The van der Waals surface area contributed by atoms with E-state index in [2.05, 4.69) is 6.92 Å². The van der Waals surface area contributed by atoms with Crippen molar-refractivity contribution in [3.63, 3.8) is 0 Å². The van der Waals surface area contributed by atoms with Crippen LogP contribution in [-0.2, 0) is 29.2 Å². The van der Waals surface area contributed by atoms with Gasteiger partial charge in [0.15, 0.2) is 5.25 Å². The van der Waals surface area contributed by atoms with Crippen LogP contribution in [0.2, 0.25) is 0 Å². The fraction of sp³-hybridized carbons (Fsp3) is 0.840. The monoisotopic (exact) mass is 490 g/mol. The van der Waals surface area contributed by atoms with Crippen LogP contribution in [0.25, 0.3) is 0 Å². The summed E-state index contributed by atoms with van der Waals surface area (Å²) in [6.45, 7) is 4.02. The van der Waals surface area contributed by atoms with Crippen LogP contribution in [0.15, 0.2) is 12.2 Å². The highest BCUT2D eigenvalue weighted by molar-refractivity contribution is 7.87. The summed E-state index contributed by atoms with van der Waals surface area (Å²) in [6.07, 6.45) is 20.7. The van der Waals surface area contributed by atoms with Gasteiger partial charge < -0.3 is 9.47 Å². The zero-order valence-corrected chi connectivity index (χ0v) is 21.6. The molecule has 0 saturated carbocycles. The van der Waals surface area contributed by atoms with Gasteiger partial charge in [-0.1, -0.05) is 109 Å². The van der Waals surface area contributed by atoms with Gasteiger partial charge in [-0.25, -0.2) is 0 Å². The number of carbonyl (C=O) groups excluding carboxylic acids is 2. The zero-order chi connectivity index (χ0) is 24.8. The number of ether oxygens (including phenoxy) is 2. The Kier molecular flexibility index (Phi) is 20.2. The number of allylic oxidation sites excluding steroid dienone is 1. The molecule has 0 radical (unpaired) electrons. The second-order valence-electron chi connectivity index (χ2n) is 8.58. The lowest BCUT2D eigenvalue weighted by Crippen LogP contribution is -2.34. The first kappa shape index (κ1) is 31.6. The first-order chi connectivity index (χ1) is 15.8. The summed E-state index contributed by atoms with van der Waals surface area (Å²) >= 11 is 0. The van der Waals surface area contributed by atoms with Crippen LogP contribution in [0.5, 0.6) is 0 Å². The average molecular weight is 491 g/mol. The lowest BCUT2D eigenvalue weighted by Gasteiger charge is -2.13. The minimum absolute atomic E-state index is 0.0261. The van der Waals surface area contributed by atoms with E-state index in [1.54, 1.807) is 19.1 Å². The molecule has 194 valence electrons. The molecule has 1 atom stereocenters. The summed E-state index contributed by atoms with van der Waals surface area (Å²) in [7, 11) is -4.76. The van der Waals surface area contributed by atoms with Crippen LogP contribution in [-0.4, -0.2) is 43.4 Å².